The summed E-state index contributed by atoms with van der Waals surface area (Å²) in [5, 5.41) is 18.8. The maximum atomic E-state index is 12.7. The van der Waals surface area contributed by atoms with Crippen molar-refractivity contribution in [2.24, 2.45) is 0 Å². The highest BCUT2D eigenvalue weighted by Crippen LogP contribution is 2.35. The van der Waals surface area contributed by atoms with Crippen molar-refractivity contribution in [3.8, 4) is 17.3 Å². The predicted octanol–water partition coefficient (Wildman–Crippen LogP) is 1.93. The van der Waals surface area contributed by atoms with Gasteiger partial charge in [0.25, 0.3) is 5.91 Å². The number of benzene rings is 1. The molecule has 1 heterocycles. The lowest BCUT2D eigenvalue weighted by Crippen LogP contribution is -2.37. The van der Waals surface area contributed by atoms with E-state index in [2.05, 4.69) is 16.7 Å². The highest BCUT2D eigenvalue weighted by atomic mass is 16.2. The van der Waals surface area contributed by atoms with Crippen molar-refractivity contribution < 1.29 is 9.59 Å². The van der Waals surface area contributed by atoms with Crippen LogP contribution in [0.5, 0.6) is 0 Å². The molecule has 1 saturated carbocycles. The third kappa shape index (κ3) is 3.31. The largest absolute Gasteiger partial charge is 0.358 e. The Labute approximate surface area is 152 Å². The summed E-state index contributed by atoms with van der Waals surface area (Å²) in [6, 6.07) is 9.46. The van der Waals surface area contributed by atoms with Crippen LogP contribution in [0.2, 0.25) is 0 Å². The summed E-state index contributed by atoms with van der Waals surface area (Å²) < 4.78 is 1.80. The van der Waals surface area contributed by atoms with Crippen LogP contribution in [0.4, 0.5) is 0 Å². The summed E-state index contributed by atoms with van der Waals surface area (Å²) in [5.74, 6) is -0.552. The molecule has 0 atom stereocenters. The molecule has 0 unspecified atom stereocenters. The van der Waals surface area contributed by atoms with E-state index in [0.29, 0.717) is 11.3 Å². The number of hydrogen-bond donors (Lipinski definition) is 2. The molecule has 1 aliphatic carbocycles. The average molecular weight is 351 g/mol. The van der Waals surface area contributed by atoms with Gasteiger partial charge >= 0.3 is 0 Å². The Hall–Kier alpha value is -3.14. The first-order chi connectivity index (χ1) is 12.5. The zero-order valence-electron chi connectivity index (χ0n) is 14.9. The third-order valence-corrected chi connectivity index (χ3v) is 4.76. The fourth-order valence-electron chi connectivity index (χ4n) is 3.00. The van der Waals surface area contributed by atoms with Crippen LogP contribution in [-0.2, 0) is 4.79 Å². The fraction of sp³-hybridized carbons (Fsp3) is 0.368. The number of carbonyl (C=O) groups excluding carboxylic acids is 2. The highest BCUT2D eigenvalue weighted by Gasteiger charge is 2.29. The number of nitrogens with zero attached hydrogens (tertiary/aromatic N) is 3. The average Bonchev–Trinajstić information content (AvgIpc) is 2.94. The van der Waals surface area contributed by atoms with Gasteiger partial charge in [0, 0.05) is 18.2 Å². The monoisotopic (exact) mass is 351 g/mol. The standard InChI is InChI=1S/C19H21N5O2/c1-12-17(14-8-6-13(10-20)7-9-14)23-24(15-4-3-5-15)18(12)19(26)22-11-16(25)21-2/h6-9,15H,3-5,11H2,1-2H3,(H,21,25)(H,22,26). The molecule has 7 nitrogen and oxygen atoms in total. The van der Waals surface area contributed by atoms with Crippen molar-refractivity contribution in [2.45, 2.75) is 32.2 Å². The SMILES string of the molecule is CNC(=O)CNC(=O)c1c(C)c(-c2ccc(C#N)cc2)nn1C1CCC1. The van der Waals surface area contributed by atoms with E-state index in [-0.39, 0.29) is 24.4 Å². The van der Waals surface area contributed by atoms with E-state index in [4.69, 9.17) is 10.4 Å². The van der Waals surface area contributed by atoms with Gasteiger partial charge in [0.2, 0.25) is 5.91 Å². The van der Waals surface area contributed by atoms with Crippen LogP contribution in [0.25, 0.3) is 11.3 Å². The van der Waals surface area contributed by atoms with E-state index in [9.17, 15) is 9.59 Å². The Morgan fingerprint density at radius 1 is 1.31 bits per heavy atom. The van der Waals surface area contributed by atoms with Gasteiger partial charge in [-0.3, -0.25) is 14.3 Å². The topological polar surface area (TPSA) is 99.8 Å². The molecule has 0 bridgehead atoms. The van der Waals surface area contributed by atoms with E-state index in [0.717, 1.165) is 36.1 Å². The van der Waals surface area contributed by atoms with Gasteiger partial charge in [0.15, 0.2) is 0 Å². The fourth-order valence-corrected chi connectivity index (χ4v) is 3.00. The summed E-state index contributed by atoms with van der Waals surface area (Å²) in [6.45, 7) is 1.79. The lowest BCUT2D eigenvalue weighted by Gasteiger charge is -2.27. The van der Waals surface area contributed by atoms with E-state index in [1.54, 1.807) is 16.8 Å². The minimum absolute atomic E-state index is 0.0726. The molecule has 1 aliphatic rings. The first-order valence-electron chi connectivity index (χ1n) is 8.63. The summed E-state index contributed by atoms with van der Waals surface area (Å²) >= 11 is 0. The van der Waals surface area contributed by atoms with Crippen LogP contribution >= 0.6 is 0 Å². The quantitative estimate of drug-likeness (QED) is 0.859. The number of nitriles is 1. The number of nitrogens with one attached hydrogen (secondary N) is 2. The van der Waals surface area contributed by atoms with Crippen LogP contribution in [0.15, 0.2) is 24.3 Å². The molecule has 26 heavy (non-hydrogen) atoms. The summed E-state index contributed by atoms with van der Waals surface area (Å²) in [6.07, 6.45) is 3.10. The summed E-state index contributed by atoms with van der Waals surface area (Å²) in [7, 11) is 1.53. The lowest BCUT2D eigenvalue weighted by molar-refractivity contribution is -0.119. The molecule has 134 valence electrons. The maximum absolute atomic E-state index is 12.7. The predicted molar refractivity (Wildman–Crippen MR) is 96.4 cm³/mol. The van der Waals surface area contributed by atoms with Gasteiger partial charge in [-0.25, -0.2) is 0 Å². The molecular formula is C19H21N5O2. The summed E-state index contributed by atoms with van der Waals surface area (Å²) in [4.78, 5) is 24.1. The van der Waals surface area contributed by atoms with Crippen molar-refractivity contribution in [2.75, 3.05) is 13.6 Å². The van der Waals surface area contributed by atoms with E-state index in [1.807, 2.05) is 19.1 Å². The zero-order chi connectivity index (χ0) is 18.7. The Morgan fingerprint density at radius 3 is 2.54 bits per heavy atom. The second kappa shape index (κ2) is 7.40. The van der Waals surface area contributed by atoms with E-state index >= 15 is 0 Å². The molecule has 2 N–H and O–H groups in total. The number of amides is 2. The smallest absolute Gasteiger partial charge is 0.270 e. The molecule has 1 aromatic carbocycles. The minimum Gasteiger partial charge on any atom is -0.358 e. The van der Waals surface area contributed by atoms with Gasteiger partial charge in [-0.1, -0.05) is 12.1 Å². The molecule has 0 aliphatic heterocycles. The Morgan fingerprint density at radius 2 is 2.00 bits per heavy atom. The molecule has 0 saturated heterocycles. The number of likely N-dealkylation sites (N-methyl/N-ethyl adjacent to an activating group) is 1. The molecule has 0 radical (unpaired) electrons. The number of carbonyl (C=O) groups is 2. The number of rotatable bonds is 5. The normalized spacial score (nSPS) is 13.6. The first kappa shape index (κ1) is 17.7. The minimum atomic E-state index is -0.301. The van der Waals surface area contributed by atoms with Gasteiger partial charge in [0.05, 0.1) is 29.9 Å². The number of aromatic nitrogens is 2. The van der Waals surface area contributed by atoms with Crippen LogP contribution < -0.4 is 10.6 Å². The van der Waals surface area contributed by atoms with Gasteiger partial charge in [0.1, 0.15) is 5.69 Å². The third-order valence-electron chi connectivity index (χ3n) is 4.76. The number of hydrogen-bond acceptors (Lipinski definition) is 4. The molecule has 1 fully saturated rings. The zero-order valence-corrected chi connectivity index (χ0v) is 14.9. The van der Waals surface area contributed by atoms with Crippen molar-refractivity contribution in [3.63, 3.8) is 0 Å². The Bertz CT molecular complexity index is 873. The van der Waals surface area contributed by atoms with Crippen molar-refractivity contribution in [1.29, 1.82) is 5.26 Å². The van der Waals surface area contributed by atoms with Crippen LogP contribution in [0, 0.1) is 18.3 Å². The second-order valence-electron chi connectivity index (χ2n) is 6.40. The van der Waals surface area contributed by atoms with Gasteiger partial charge < -0.3 is 10.6 Å². The highest BCUT2D eigenvalue weighted by molar-refractivity contribution is 5.97. The van der Waals surface area contributed by atoms with Crippen LogP contribution in [0.3, 0.4) is 0 Å². The lowest BCUT2D eigenvalue weighted by atomic mass is 9.93. The molecule has 2 aromatic rings. The second-order valence-corrected chi connectivity index (χ2v) is 6.40. The van der Waals surface area contributed by atoms with Crippen molar-refractivity contribution in [1.82, 2.24) is 20.4 Å². The maximum Gasteiger partial charge on any atom is 0.270 e. The molecule has 0 spiro atoms. The van der Waals surface area contributed by atoms with Gasteiger partial charge in [-0.2, -0.15) is 10.4 Å². The molecular weight excluding hydrogens is 330 g/mol. The first-order valence-corrected chi connectivity index (χ1v) is 8.63. The molecule has 2 amide bonds. The Balaban J connectivity index is 1.96. The van der Waals surface area contributed by atoms with Crippen LogP contribution in [-0.4, -0.2) is 35.2 Å². The molecule has 1 aromatic heterocycles. The van der Waals surface area contributed by atoms with Crippen LogP contribution in [0.1, 0.15) is 46.9 Å². The molecule has 3 rings (SSSR count). The van der Waals surface area contributed by atoms with Gasteiger partial charge in [-0.15, -0.1) is 0 Å². The van der Waals surface area contributed by atoms with E-state index < -0.39 is 0 Å². The van der Waals surface area contributed by atoms with Crippen molar-refractivity contribution in [3.05, 3.63) is 41.1 Å². The Kier molecular flexibility index (Phi) is 5.03. The van der Waals surface area contributed by atoms with Gasteiger partial charge in [-0.05, 0) is 38.3 Å². The van der Waals surface area contributed by atoms with Crippen molar-refractivity contribution >= 4 is 11.8 Å². The van der Waals surface area contributed by atoms with E-state index in [1.165, 1.54) is 7.05 Å². The molecule has 7 heteroatoms. The summed E-state index contributed by atoms with van der Waals surface area (Å²) in [5.41, 5.74) is 3.44.